The highest BCUT2D eigenvalue weighted by molar-refractivity contribution is 7.92. The second-order valence-corrected chi connectivity index (χ2v) is 10.6. The maximum Gasteiger partial charge on any atom is 0.335 e. The van der Waals surface area contributed by atoms with Gasteiger partial charge >= 0.3 is 5.97 Å². The molecule has 0 unspecified atom stereocenters. The summed E-state index contributed by atoms with van der Waals surface area (Å²) in [6.45, 7) is 5.53. The fourth-order valence-corrected chi connectivity index (χ4v) is 5.90. The lowest BCUT2D eigenvalue weighted by atomic mass is 9.91. The molecule has 7 nitrogen and oxygen atoms in total. The smallest absolute Gasteiger partial charge is 0.335 e. The minimum Gasteiger partial charge on any atom is -0.487 e. The van der Waals surface area contributed by atoms with E-state index in [0.717, 1.165) is 36.8 Å². The van der Waals surface area contributed by atoms with Crippen LogP contribution in [0.2, 0.25) is 0 Å². The molecule has 0 bridgehead atoms. The van der Waals surface area contributed by atoms with Crippen molar-refractivity contribution in [1.82, 2.24) is 0 Å². The van der Waals surface area contributed by atoms with Crippen LogP contribution < -0.4 is 9.04 Å². The van der Waals surface area contributed by atoms with Crippen molar-refractivity contribution in [1.29, 1.82) is 0 Å². The van der Waals surface area contributed by atoms with E-state index < -0.39 is 16.0 Å². The van der Waals surface area contributed by atoms with Crippen LogP contribution in [0.25, 0.3) is 0 Å². The molecule has 1 aromatic heterocycles. The summed E-state index contributed by atoms with van der Waals surface area (Å²) in [5.41, 5.74) is 3.77. The van der Waals surface area contributed by atoms with Gasteiger partial charge in [0.1, 0.15) is 18.1 Å². The molecule has 1 N–H and O–H groups in total. The normalized spacial score (nSPS) is 13.5. The zero-order valence-electron chi connectivity index (χ0n) is 19.6. The van der Waals surface area contributed by atoms with Gasteiger partial charge in [0, 0.05) is 6.04 Å². The number of aryl methyl sites for hydroxylation is 3. The summed E-state index contributed by atoms with van der Waals surface area (Å²) in [7, 11) is -3.96. The number of nitrogens with zero attached hydrogens (tertiary/aromatic N) is 1. The number of carboxylic acid groups (broad SMARTS) is 1. The van der Waals surface area contributed by atoms with Crippen molar-refractivity contribution in [2.45, 2.75) is 64.2 Å². The number of hydrogen-bond acceptors (Lipinski definition) is 5. The van der Waals surface area contributed by atoms with Crippen LogP contribution in [0.1, 0.15) is 59.5 Å². The van der Waals surface area contributed by atoms with Crippen molar-refractivity contribution in [2.75, 3.05) is 4.31 Å². The molecule has 1 heterocycles. The molecule has 0 aliphatic heterocycles. The van der Waals surface area contributed by atoms with E-state index in [1.54, 1.807) is 25.1 Å². The van der Waals surface area contributed by atoms with Gasteiger partial charge in [0.25, 0.3) is 10.0 Å². The molecule has 0 saturated carbocycles. The predicted molar refractivity (Wildman–Crippen MR) is 129 cm³/mol. The molecule has 0 spiro atoms. The van der Waals surface area contributed by atoms with Crippen LogP contribution in [0.4, 0.5) is 5.69 Å². The van der Waals surface area contributed by atoms with E-state index in [-0.39, 0.29) is 23.3 Å². The van der Waals surface area contributed by atoms with Crippen LogP contribution in [0.3, 0.4) is 0 Å². The van der Waals surface area contributed by atoms with Crippen LogP contribution in [0, 0.1) is 6.92 Å². The maximum atomic E-state index is 13.6. The van der Waals surface area contributed by atoms with Gasteiger partial charge in [0.2, 0.25) is 5.09 Å². The maximum absolute atomic E-state index is 13.6. The van der Waals surface area contributed by atoms with Crippen LogP contribution in [0.5, 0.6) is 5.75 Å². The van der Waals surface area contributed by atoms with Gasteiger partial charge < -0.3 is 14.3 Å². The predicted octanol–water partition coefficient (Wildman–Crippen LogP) is 5.35. The molecular formula is C26H29NO6S. The zero-order chi connectivity index (χ0) is 24.5. The van der Waals surface area contributed by atoms with E-state index in [0.29, 0.717) is 17.2 Å². The Hall–Kier alpha value is -3.26. The summed E-state index contributed by atoms with van der Waals surface area (Å²) in [4.78, 5) is 11.1. The quantitative estimate of drug-likeness (QED) is 0.464. The summed E-state index contributed by atoms with van der Waals surface area (Å²) in [5, 5.41) is 9.01. The molecule has 0 radical (unpaired) electrons. The summed E-state index contributed by atoms with van der Waals surface area (Å²) < 4.78 is 40.2. The van der Waals surface area contributed by atoms with Gasteiger partial charge in [0.05, 0.1) is 11.3 Å². The van der Waals surface area contributed by atoms with Gasteiger partial charge in [-0.15, -0.1) is 0 Å². The second kappa shape index (κ2) is 9.54. The lowest BCUT2D eigenvalue weighted by molar-refractivity contribution is 0.0697. The minimum absolute atomic E-state index is 0.105. The highest BCUT2D eigenvalue weighted by Gasteiger charge is 2.33. The van der Waals surface area contributed by atoms with E-state index in [2.05, 4.69) is 0 Å². The lowest BCUT2D eigenvalue weighted by Crippen LogP contribution is -2.37. The van der Waals surface area contributed by atoms with Gasteiger partial charge in [-0.1, -0.05) is 12.1 Å². The molecule has 8 heteroatoms. The molecule has 2 aromatic carbocycles. The average Bonchev–Trinajstić information content (AvgIpc) is 3.25. The Balaban J connectivity index is 1.74. The van der Waals surface area contributed by atoms with E-state index in [4.69, 9.17) is 14.3 Å². The molecule has 0 fully saturated rings. The number of sulfonamides is 1. The number of fused-ring (bicyclic) bond motifs is 1. The zero-order valence-corrected chi connectivity index (χ0v) is 20.4. The highest BCUT2D eigenvalue weighted by atomic mass is 32.2. The molecule has 3 aromatic rings. The lowest BCUT2D eigenvalue weighted by Gasteiger charge is -2.30. The number of furan rings is 1. The molecule has 34 heavy (non-hydrogen) atoms. The van der Waals surface area contributed by atoms with Crippen LogP contribution in [-0.2, 0) is 29.5 Å². The highest BCUT2D eigenvalue weighted by Crippen LogP contribution is 2.39. The summed E-state index contributed by atoms with van der Waals surface area (Å²) in [6, 6.07) is 13.1. The Morgan fingerprint density at radius 1 is 1.06 bits per heavy atom. The number of anilines is 1. The molecular weight excluding hydrogens is 454 g/mol. The van der Waals surface area contributed by atoms with E-state index in [9.17, 15) is 13.2 Å². The van der Waals surface area contributed by atoms with E-state index in [1.165, 1.54) is 28.1 Å². The summed E-state index contributed by atoms with van der Waals surface area (Å²) in [5.74, 6) is 0.00732. The molecule has 4 rings (SSSR count). The molecule has 0 amide bonds. The second-order valence-electron chi connectivity index (χ2n) is 8.85. The molecule has 1 aliphatic rings. The van der Waals surface area contributed by atoms with Crippen LogP contribution in [-0.4, -0.2) is 25.5 Å². The summed E-state index contributed by atoms with van der Waals surface area (Å²) in [6.07, 6.45) is 3.96. The first kappa shape index (κ1) is 23.9. The number of carboxylic acids is 1. The minimum atomic E-state index is -3.96. The topological polar surface area (TPSA) is 97.0 Å². The third kappa shape index (κ3) is 4.82. The van der Waals surface area contributed by atoms with E-state index >= 15 is 0 Å². The monoisotopic (exact) mass is 483 g/mol. The Kier molecular flexibility index (Phi) is 6.70. The first-order valence-electron chi connectivity index (χ1n) is 11.4. The van der Waals surface area contributed by atoms with Gasteiger partial charge in [-0.2, -0.15) is 8.42 Å². The number of hydrogen-bond donors (Lipinski definition) is 1. The number of rotatable bonds is 8. The van der Waals surface area contributed by atoms with Crippen LogP contribution in [0.15, 0.2) is 58.0 Å². The van der Waals surface area contributed by atoms with Crippen molar-refractivity contribution in [3.63, 3.8) is 0 Å². The fraction of sp³-hybridized carbons (Fsp3) is 0.346. The van der Waals surface area contributed by atoms with Crippen molar-refractivity contribution in [3.05, 3.63) is 76.5 Å². The fourth-order valence-electron chi connectivity index (χ4n) is 4.28. The number of ether oxygens (including phenoxy) is 1. The number of benzene rings is 2. The van der Waals surface area contributed by atoms with E-state index in [1.807, 2.05) is 26.0 Å². The number of aromatic carboxylic acids is 1. The van der Waals surface area contributed by atoms with Crippen molar-refractivity contribution in [3.8, 4) is 5.75 Å². The molecule has 0 atom stereocenters. The standard InChI is InChI=1S/C26H29NO6S/c1-17(2)27(34(30,31)25-13-8-18(3)33-25)23-14-21-6-4-5-7-22(21)15-24(23)32-16-19-9-11-20(12-10-19)26(28)29/h8-15,17H,4-7,16H2,1-3H3,(H,28,29). The molecule has 1 aliphatic carbocycles. The Bertz CT molecular complexity index is 1290. The Morgan fingerprint density at radius 2 is 1.71 bits per heavy atom. The first-order chi connectivity index (χ1) is 16.2. The molecule has 0 saturated heterocycles. The van der Waals surface area contributed by atoms with Gasteiger partial charge in [-0.3, -0.25) is 4.31 Å². The SMILES string of the molecule is Cc1ccc(S(=O)(=O)N(c2cc3c(cc2OCc2ccc(C(=O)O)cc2)CCCC3)C(C)C)o1. The van der Waals surface area contributed by atoms with Crippen molar-refractivity contribution < 1.29 is 27.5 Å². The van der Waals surface area contributed by atoms with Gasteiger partial charge in [0.15, 0.2) is 0 Å². The Labute approximate surface area is 200 Å². The van der Waals surface area contributed by atoms with Crippen molar-refractivity contribution in [2.24, 2.45) is 0 Å². The number of carbonyl (C=O) groups is 1. The van der Waals surface area contributed by atoms with Crippen LogP contribution >= 0.6 is 0 Å². The first-order valence-corrected chi connectivity index (χ1v) is 12.8. The van der Waals surface area contributed by atoms with Gasteiger partial charge in [-0.05, 0) is 99.5 Å². The largest absolute Gasteiger partial charge is 0.487 e. The van der Waals surface area contributed by atoms with Gasteiger partial charge in [-0.25, -0.2) is 4.79 Å². The van der Waals surface area contributed by atoms with Crippen molar-refractivity contribution >= 4 is 21.7 Å². The summed E-state index contributed by atoms with van der Waals surface area (Å²) >= 11 is 0. The molecule has 180 valence electrons. The third-order valence-corrected chi connectivity index (χ3v) is 7.82. The Morgan fingerprint density at radius 3 is 2.26 bits per heavy atom. The average molecular weight is 484 g/mol. The third-order valence-electron chi connectivity index (χ3n) is 5.95.